The Morgan fingerprint density at radius 2 is 1.94 bits per heavy atom. The van der Waals surface area contributed by atoms with E-state index in [9.17, 15) is 4.79 Å². The first-order valence-corrected chi connectivity index (χ1v) is 6.21. The summed E-state index contributed by atoms with van der Waals surface area (Å²) in [6.45, 7) is 9.72. The Kier molecular flexibility index (Phi) is 4.38. The molecule has 3 nitrogen and oxygen atoms in total. The van der Waals surface area contributed by atoms with Gasteiger partial charge in [-0.25, -0.2) is 0 Å². The molecule has 0 spiro atoms. The summed E-state index contributed by atoms with van der Waals surface area (Å²) >= 11 is 0. The highest BCUT2D eigenvalue weighted by Crippen LogP contribution is 2.27. The van der Waals surface area contributed by atoms with E-state index in [0.29, 0.717) is 0 Å². The molecule has 3 heteroatoms. The van der Waals surface area contributed by atoms with E-state index in [0.717, 1.165) is 16.9 Å². The van der Waals surface area contributed by atoms with Gasteiger partial charge in [-0.15, -0.1) is 0 Å². The van der Waals surface area contributed by atoms with Gasteiger partial charge in [0.05, 0.1) is 13.2 Å². The Bertz CT molecular complexity index is 433. The van der Waals surface area contributed by atoms with E-state index >= 15 is 0 Å². The van der Waals surface area contributed by atoms with E-state index < -0.39 is 0 Å². The second kappa shape index (κ2) is 5.42. The Balaban J connectivity index is 2.93. The van der Waals surface area contributed by atoms with Crippen molar-refractivity contribution < 1.29 is 9.53 Å². The molecule has 0 unspecified atom stereocenters. The van der Waals surface area contributed by atoms with Gasteiger partial charge in [-0.05, 0) is 19.9 Å². The van der Waals surface area contributed by atoms with Gasteiger partial charge in [0.1, 0.15) is 5.75 Å². The molecule has 0 radical (unpaired) electrons. The molecule has 0 aromatic heterocycles. The van der Waals surface area contributed by atoms with E-state index in [-0.39, 0.29) is 17.4 Å². The topological polar surface area (TPSA) is 38.3 Å². The van der Waals surface area contributed by atoms with Crippen LogP contribution in [-0.4, -0.2) is 13.0 Å². The van der Waals surface area contributed by atoms with Crippen LogP contribution in [0, 0.1) is 12.3 Å². The Morgan fingerprint density at radius 1 is 1.33 bits per heavy atom. The number of methoxy groups -OCH3 is 1. The number of nitrogens with one attached hydrogen (secondary N) is 1. The second-order valence-corrected chi connectivity index (χ2v) is 5.69. The largest absolute Gasteiger partial charge is 0.496 e. The van der Waals surface area contributed by atoms with E-state index in [1.165, 1.54) is 0 Å². The number of hydrogen-bond acceptors (Lipinski definition) is 2. The van der Waals surface area contributed by atoms with Crippen LogP contribution in [0.5, 0.6) is 5.75 Å². The van der Waals surface area contributed by atoms with E-state index in [1.54, 1.807) is 7.11 Å². The molecule has 1 aromatic carbocycles. The van der Waals surface area contributed by atoms with Gasteiger partial charge in [-0.1, -0.05) is 38.5 Å². The third kappa shape index (κ3) is 3.49. The van der Waals surface area contributed by atoms with Crippen molar-refractivity contribution in [3.63, 3.8) is 0 Å². The smallest absolute Gasteiger partial charge is 0.225 e. The van der Waals surface area contributed by atoms with Gasteiger partial charge in [-0.2, -0.15) is 0 Å². The molecule has 1 N–H and O–H groups in total. The van der Waals surface area contributed by atoms with Gasteiger partial charge in [0, 0.05) is 11.0 Å². The average Bonchev–Trinajstić information content (AvgIpc) is 2.27. The fourth-order valence-electron chi connectivity index (χ4n) is 1.68. The zero-order valence-corrected chi connectivity index (χ0v) is 12.1. The zero-order chi connectivity index (χ0) is 13.9. The minimum atomic E-state index is -0.384. The molecule has 0 saturated carbocycles. The lowest BCUT2D eigenvalue weighted by molar-refractivity contribution is -0.129. The molecule has 18 heavy (non-hydrogen) atoms. The third-order valence-electron chi connectivity index (χ3n) is 2.88. The number of rotatable bonds is 3. The fourth-order valence-corrected chi connectivity index (χ4v) is 1.68. The minimum Gasteiger partial charge on any atom is -0.496 e. The number of ether oxygens (including phenoxy) is 1. The molecular formula is C15H23NO2. The normalized spacial score (nSPS) is 13.0. The second-order valence-electron chi connectivity index (χ2n) is 5.69. The predicted octanol–water partition coefficient (Wildman–Crippen LogP) is 3.23. The van der Waals surface area contributed by atoms with Crippen LogP contribution in [-0.2, 0) is 4.79 Å². The quantitative estimate of drug-likeness (QED) is 0.893. The van der Waals surface area contributed by atoms with Gasteiger partial charge in [0.15, 0.2) is 0 Å². The van der Waals surface area contributed by atoms with Crippen LogP contribution in [0.15, 0.2) is 18.2 Å². The summed E-state index contributed by atoms with van der Waals surface area (Å²) < 4.78 is 5.34. The van der Waals surface area contributed by atoms with Crippen molar-refractivity contribution in [3.05, 3.63) is 29.3 Å². The van der Waals surface area contributed by atoms with Gasteiger partial charge >= 0.3 is 0 Å². The molecule has 0 saturated heterocycles. The summed E-state index contributed by atoms with van der Waals surface area (Å²) in [4.78, 5) is 12.0. The van der Waals surface area contributed by atoms with E-state index in [2.05, 4.69) is 5.32 Å². The Labute approximate surface area is 110 Å². The maximum atomic E-state index is 12.0. The first-order chi connectivity index (χ1) is 8.25. The lowest BCUT2D eigenvalue weighted by Crippen LogP contribution is -2.36. The maximum Gasteiger partial charge on any atom is 0.225 e. The molecule has 1 atom stereocenters. The molecular weight excluding hydrogens is 226 g/mol. The van der Waals surface area contributed by atoms with Crippen LogP contribution >= 0.6 is 0 Å². The lowest BCUT2D eigenvalue weighted by Gasteiger charge is -2.23. The van der Waals surface area contributed by atoms with Crippen molar-refractivity contribution in [3.8, 4) is 5.75 Å². The molecule has 100 valence electrons. The molecule has 0 fully saturated rings. The van der Waals surface area contributed by atoms with Crippen molar-refractivity contribution in [2.24, 2.45) is 5.41 Å². The number of amides is 1. The first-order valence-electron chi connectivity index (χ1n) is 6.21. The summed E-state index contributed by atoms with van der Waals surface area (Å²) in [5, 5.41) is 3.02. The number of carbonyl (C=O) groups is 1. The lowest BCUT2D eigenvalue weighted by atomic mass is 9.94. The third-order valence-corrected chi connectivity index (χ3v) is 2.88. The van der Waals surface area contributed by atoms with Crippen molar-refractivity contribution in [2.75, 3.05) is 7.11 Å². The highest BCUT2D eigenvalue weighted by Gasteiger charge is 2.24. The summed E-state index contributed by atoms with van der Waals surface area (Å²) in [7, 11) is 1.65. The summed E-state index contributed by atoms with van der Waals surface area (Å²) in [5.74, 6) is 0.848. The van der Waals surface area contributed by atoms with Gasteiger partial charge in [0.2, 0.25) is 5.91 Å². The standard InChI is InChI=1S/C15H23NO2/c1-10-7-8-13(18-6)12(9-10)11(2)16-14(17)15(3,4)5/h7-9,11H,1-6H3,(H,16,17)/t11-/m1/s1. The molecule has 0 heterocycles. The van der Waals surface area contributed by atoms with Crippen LogP contribution in [0.3, 0.4) is 0 Å². The SMILES string of the molecule is COc1ccc(C)cc1[C@@H](C)NC(=O)C(C)(C)C. The fraction of sp³-hybridized carbons (Fsp3) is 0.533. The van der Waals surface area contributed by atoms with Gasteiger partial charge < -0.3 is 10.1 Å². The van der Waals surface area contributed by atoms with E-state index in [4.69, 9.17) is 4.74 Å². The number of benzene rings is 1. The highest BCUT2D eigenvalue weighted by atomic mass is 16.5. The van der Waals surface area contributed by atoms with Crippen LogP contribution in [0.1, 0.15) is 44.9 Å². The van der Waals surface area contributed by atoms with Gasteiger partial charge in [0.25, 0.3) is 0 Å². The van der Waals surface area contributed by atoms with Crippen molar-refractivity contribution in [1.29, 1.82) is 0 Å². The summed E-state index contributed by atoms with van der Waals surface area (Å²) in [5.41, 5.74) is 1.78. The molecule has 0 aliphatic carbocycles. The zero-order valence-electron chi connectivity index (χ0n) is 12.1. The molecule has 1 rings (SSSR count). The highest BCUT2D eigenvalue weighted by molar-refractivity contribution is 5.81. The van der Waals surface area contributed by atoms with E-state index in [1.807, 2.05) is 52.8 Å². The molecule has 1 amide bonds. The molecule has 0 aliphatic heterocycles. The number of carbonyl (C=O) groups excluding carboxylic acids is 1. The number of aryl methyl sites for hydroxylation is 1. The molecule has 1 aromatic rings. The summed E-state index contributed by atoms with van der Waals surface area (Å²) in [6, 6.07) is 5.92. The monoisotopic (exact) mass is 249 g/mol. The van der Waals surface area contributed by atoms with Crippen LogP contribution in [0.4, 0.5) is 0 Å². The number of hydrogen-bond donors (Lipinski definition) is 1. The van der Waals surface area contributed by atoms with Crippen LogP contribution < -0.4 is 10.1 Å². The Hall–Kier alpha value is -1.51. The van der Waals surface area contributed by atoms with Crippen molar-refractivity contribution in [1.82, 2.24) is 5.32 Å². The Morgan fingerprint density at radius 3 is 2.44 bits per heavy atom. The predicted molar refractivity (Wildman–Crippen MR) is 73.7 cm³/mol. The molecule has 0 bridgehead atoms. The first kappa shape index (κ1) is 14.6. The van der Waals surface area contributed by atoms with Crippen LogP contribution in [0.25, 0.3) is 0 Å². The average molecular weight is 249 g/mol. The van der Waals surface area contributed by atoms with Gasteiger partial charge in [-0.3, -0.25) is 4.79 Å². The van der Waals surface area contributed by atoms with Crippen LogP contribution in [0.2, 0.25) is 0 Å². The van der Waals surface area contributed by atoms with Crippen molar-refractivity contribution in [2.45, 2.75) is 40.7 Å². The summed E-state index contributed by atoms with van der Waals surface area (Å²) in [6.07, 6.45) is 0. The van der Waals surface area contributed by atoms with Crippen molar-refractivity contribution >= 4 is 5.91 Å². The maximum absolute atomic E-state index is 12.0. The minimum absolute atomic E-state index is 0.0403. The molecule has 0 aliphatic rings.